The van der Waals surface area contributed by atoms with Gasteiger partial charge in [-0.25, -0.2) is 0 Å². The number of carbonyl (C=O) groups is 1. The molecule has 0 bridgehead atoms. The summed E-state index contributed by atoms with van der Waals surface area (Å²) in [5.41, 5.74) is 1.48. The Labute approximate surface area is 136 Å². The summed E-state index contributed by atoms with van der Waals surface area (Å²) in [5, 5.41) is 17.2. The molecule has 2 N–H and O–H groups in total. The first kappa shape index (κ1) is 18.4. The van der Waals surface area contributed by atoms with Crippen molar-refractivity contribution in [3.05, 3.63) is 39.4 Å². The van der Waals surface area contributed by atoms with Gasteiger partial charge in [0.05, 0.1) is 11.0 Å². The number of nitrogens with zero attached hydrogens (tertiary/aromatic N) is 1. The molecule has 0 spiro atoms. The molecule has 1 aliphatic rings. The fourth-order valence-corrected chi connectivity index (χ4v) is 2.59. The summed E-state index contributed by atoms with van der Waals surface area (Å²) < 4.78 is 0. The molecular weight excluding hydrogens is 306 g/mol. The molecule has 1 unspecified atom stereocenters. The Hall–Kier alpha value is -1.66. The van der Waals surface area contributed by atoms with E-state index in [1.54, 1.807) is 19.1 Å². The van der Waals surface area contributed by atoms with Crippen molar-refractivity contribution in [2.45, 2.75) is 32.7 Å². The summed E-state index contributed by atoms with van der Waals surface area (Å²) in [6, 6.07) is 4.87. The van der Waals surface area contributed by atoms with Gasteiger partial charge in [-0.1, -0.05) is 12.1 Å². The first-order valence-electron chi connectivity index (χ1n) is 7.25. The van der Waals surface area contributed by atoms with Crippen LogP contribution >= 0.6 is 12.4 Å². The van der Waals surface area contributed by atoms with Crippen molar-refractivity contribution in [3.8, 4) is 0 Å². The molecule has 1 heterocycles. The number of nitrogens with one attached hydrogen (secondary N) is 2. The zero-order valence-electron chi connectivity index (χ0n) is 12.8. The van der Waals surface area contributed by atoms with Crippen molar-refractivity contribution in [2.24, 2.45) is 5.92 Å². The molecule has 0 aliphatic carbocycles. The van der Waals surface area contributed by atoms with E-state index in [1.165, 1.54) is 0 Å². The standard InChI is InChI=1S/C15H21N3O3.ClH/c1-10-3-4-13(9-14(10)18(20)21)11(2)17-15(19)12-5-7-16-8-6-12;/h3-4,9,11-12,16H,5-8H2,1-2H3,(H,17,19);1H. The van der Waals surface area contributed by atoms with Gasteiger partial charge in [-0.05, 0) is 45.3 Å². The van der Waals surface area contributed by atoms with Crippen LogP contribution in [-0.2, 0) is 4.79 Å². The second-order valence-corrected chi connectivity index (χ2v) is 5.56. The zero-order chi connectivity index (χ0) is 15.4. The molecule has 122 valence electrons. The fourth-order valence-electron chi connectivity index (χ4n) is 2.59. The fraction of sp³-hybridized carbons (Fsp3) is 0.533. The van der Waals surface area contributed by atoms with E-state index >= 15 is 0 Å². The molecule has 22 heavy (non-hydrogen) atoms. The van der Waals surface area contributed by atoms with Crippen LogP contribution in [0.25, 0.3) is 0 Å². The number of piperidine rings is 1. The molecular formula is C15H22ClN3O3. The molecule has 1 aromatic carbocycles. The van der Waals surface area contributed by atoms with Crippen LogP contribution in [0.3, 0.4) is 0 Å². The van der Waals surface area contributed by atoms with Crippen LogP contribution in [0.2, 0.25) is 0 Å². The highest BCUT2D eigenvalue weighted by atomic mass is 35.5. The molecule has 6 nitrogen and oxygen atoms in total. The lowest BCUT2D eigenvalue weighted by molar-refractivity contribution is -0.385. The average molecular weight is 328 g/mol. The number of benzene rings is 1. The van der Waals surface area contributed by atoms with E-state index in [0.29, 0.717) is 5.56 Å². The lowest BCUT2D eigenvalue weighted by Gasteiger charge is -2.24. The molecule has 1 amide bonds. The number of aryl methyl sites for hydroxylation is 1. The summed E-state index contributed by atoms with van der Waals surface area (Å²) >= 11 is 0. The second-order valence-electron chi connectivity index (χ2n) is 5.56. The van der Waals surface area contributed by atoms with Gasteiger partial charge in [0.15, 0.2) is 0 Å². The molecule has 2 rings (SSSR count). The zero-order valence-corrected chi connectivity index (χ0v) is 13.6. The molecule has 1 aliphatic heterocycles. The Balaban J connectivity index is 0.00000242. The summed E-state index contributed by atoms with van der Waals surface area (Å²) in [4.78, 5) is 22.8. The van der Waals surface area contributed by atoms with Crippen LogP contribution in [0.4, 0.5) is 5.69 Å². The van der Waals surface area contributed by atoms with Crippen molar-refractivity contribution in [3.63, 3.8) is 0 Å². The summed E-state index contributed by atoms with van der Waals surface area (Å²) in [5.74, 6) is 0.0707. The molecule has 1 fully saturated rings. The first-order valence-corrected chi connectivity index (χ1v) is 7.25. The largest absolute Gasteiger partial charge is 0.349 e. The Morgan fingerprint density at radius 1 is 1.41 bits per heavy atom. The number of nitro groups is 1. The topological polar surface area (TPSA) is 84.3 Å². The van der Waals surface area contributed by atoms with E-state index in [1.807, 2.05) is 13.0 Å². The van der Waals surface area contributed by atoms with Crippen LogP contribution in [-0.4, -0.2) is 23.9 Å². The van der Waals surface area contributed by atoms with E-state index in [0.717, 1.165) is 31.5 Å². The summed E-state index contributed by atoms with van der Waals surface area (Å²) in [6.45, 7) is 5.29. The van der Waals surface area contributed by atoms with Crippen LogP contribution in [0, 0.1) is 23.0 Å². The van der Waals surface area contributed by atoms with Gasteiger partial charge in [0.25, 0.3) is 5.69 Å². The van der Waals surface area contributed by atoms with Crippen LogP contribution < -0.4 is 10.6 Å². The number of carbonyl (C=O) groups excluding carboxylic acids is 1. The minimum absolute atomic E-state index is 0. The number of hydrogen-bond donors (Lipinski definition) is 2. The third-order valence-corrected chi connectivity index (χ3v) is 4.00. The number of nitro benzene ring substituents is 1. The van der Waals surface area contributed by atoms with Crippen LogP contribution in [0.5, 0.6) is 0 Å². The molecule has 0 radical (unpaired) electrons. The van der Waals surface area contributed by atoms with E-state index in [9.17, 15) is 14.9 Å². The van der Waals surface area contributed by atoms with Gasteiger partial charge in [-0.2, -0.15) is 0 Å². The maximum atomic E-state index is 12.2. The van der Waals surface area contributed by atoms with Crippen molar-refractivity contribution < 1.29 is 9.72 Å². The maximum absolute atomic E-state index is 12.2. The molecule has 1 saturated heterocycles. The van der Waals surface area contributed by atoms with Gasteiger partial charge >= 0.3 is 0 Å². The normalized spacial score (nSPS) is 16.5. The predicted octanol–water partition coefficient (Wildman–Crippen LogP) is 2.50. The quantitative estimate of drug-likeness (QED) is 0.657. The van der Waals surface area contributed by atoms with Gasteiger partial charge < -0.3 is 10.6 Å². The molecule has 1 atom stereocenters. The van der Waals surface area contributed by atoms with E-state index in [2.05, 4.69) is 10.6 Å². The van der Waals surface area contributed by atoms with Gasteiger partial charge in [0.2, 0.25) is 5.91 Å². The van der Waals surface area contributed by atoms with Crippen molar-refractivity contribution in [2.75, 3.05) is 13.1 Å². The minimum atomic E-state index is -0.389. The van der Waals surface area contributed by atoms with E-state index in [4.69, 9.17) is 0 Å². The van der Waals surface area contributed by atoms with Gasteiger partial charge in [0.1, 0.15) is 0 Å². The lowest BCUT2D eigenvalue weighted by Crippen LogP contribution is -2.39. The van der Waals surface area contributed by atoms with E-state index < -0.39 is 0 Å². The Kier molecular flexibility index (Phi) is 6.77. The smallest absolute Gasteiger partial charge is 0.272 e. The predicted molar refractivity (Wildman–Crippen MR) is 87.2 cm³/mol. The molecule has 0 aromatic heterocycles. The van der Waals surface area contributed by atoms with E-state index in [-0.39, 0.29) is 40.9 Å². The van der Waals surface area contributed by atoms with Crippen molar-refractivity contribution in [1.29, 1.82) is 0 Å². The van der Waals surface area contributed by atoms with Gasteiger partial charge in [-0.15, -0.1) is 12.4 Å². The van der Waals surface area contributed by atoms with Gasteiger partial charge in [-0.3, -0.25) is 14.9 Å². The van der Waals surface area contributed by atoms with Crippen molar-refractivity contribution >= 4 is 24.0 Å². The SMILES string of the molecule is Cc1ccc(C(C)NC(=O)C2CCNCC2)cc1[N+](=O)[O-].Cl. The number of hydrogen-bond acceptors (Lipinski definition) is 4. The highest BCUT2D eigenvalue weighted by molar-refractivity contribution is 5.85. The van der Waals surface area contributed by atoms with Gasteiger partial charge in [0, 0.05) is 17.5 Å². The first-order chi connectivity index (χ1) is 9.99. The third kappa shape index (κ3) is 4.42. The lowest BCUT2D eigenvalue weighted by atomic mass is 9.96. The Morgan fingerprint density at radius 2 is 2.05 bits per heavy atom. The third-order valence-electron chi connectivity index (χ3n) is 4.00. The Bertz CT molecular complexity index is 545. The van der Waals surface area contributed by atoms with Crippen LogP contribution in [0.1, 0.15) is 36.9 Å². The Morgan fingerprint density at radius 3 is 2.64 bits per heavy atom. The highest BCUT2D eigenvalue weighted by Gasteiger charge is 2.23. The molecule has 0 saturated carbocycles. The highest BCUT2D eigenvalue weighted by Crippen LogP contribution is 2.24. The average Bonchev–Trinajstić information content (AvgIpc) is 2.48. The second kappa shape index (κ2) is 8.10. The molecule has 1 aromatic rings. The monoisotopic (exact) mass is 327 g/mol. The van der Waals surface area contributed by atoms with Crippen LogP contribution in [0.15, 0.2) is 18.2 Å². The summed E-state index contributed by atoms with van der Waals surface area (Å²) in [7, 11) is 0. The number of rotatable bonds is 4. The van der Waals surface area contributed by atoms with Crippen molar-refractivity contribution in [1.82, 2.24) is 10.6 Å². The minimum Gasteiger partial charge on any atom is -0.349 e. The summed E-state index contributed by atoms with van der Waals surface area (Å²) in [6.07, 6.45) is 1.68. The molecule has 7 heteroatoms. The number of halogens is 1. The maximum Gasteiger partial charge on any atom is 0.272 e. The number of amides is 1.